The average molecular weight is 262 g/mol. The van der Waals surface area contributed by atoms with Crippen LogP contribution in [0, 0.1) is 6.92 Å². The molecule has 0 radical (unpaired) electrons. The summed E-state index contributed by atoms with van der Waals surface area (Å²) >= 11 is 0. The second kappa shape index (κ2) is 4.87. The minimum atomic E-state index is -0.728. The third kappa shape index (κ3) is 2.46. The van der Waals surface area contributed by atoms with Gasteiger partial charge in [-0.1, -0.05) is 26.0 Å². The number of carbonyl (C=O) groups is 1. The smallest absolute Gasteiger partial charge is 0.304 e. The molecule has 0 unspecified atom stereocenters. The van der Waals surface area contributed by atoms with Crippen molar-refractivity contribution < 1.29 is 14.6 Å². The highest BCUT2D eigenvalue weighted by molar-refractivity contribution is 5.71. The van der Waals surface area contributed by atoms with E-state index < -0.39 is 5.97 Å². The van der Waals surface area contributed by atoms with Gasteiger partial charge in [0.2, 0.25) is 0 Å². The normalized spacial score (nSPS) is 16.5. The van der Waals surface area contributed by atoms with Gasteiger partial charge in [0, 0.05) is 11.0 Å². The minimum Gasteiger partial charge on any atom is -0.496 e. The Bertz CT molecular complexity index is 499. The van der Waals surface area contributed by atoms with Crippen molar-refractivity contribution in [3.8, 4) is 5.75 Å². The molecular weight excluding hydrogens is 240 g/mol. The maximum absolute atomic E-state index is 11.1. The van der Waals surface area contributed by atoms with E-state index >= 15 is 0 Å². The van der Waals surface area contributed by atoms with E-state index in [1.807, 2.05) is 6.92 Å². The van der Waals surface area contributed by atoms with E-state index in [1.54, 1.807) is 7.11 Å². The lowest BCUT2D eigenvalue weighted by Crippen LogP contribution is -2.16. The molecular formula is C16H22O3. The lowest BCUT2D eigenvalue weighted by Gasteiger charge is -2.23. The Morgan fingerprint density at radius 1 is 1.42 bits per heavy atom. The van der Waals surface area contributed by atoms with Crippen molar-refractivity contribution in [3.05, 3.63) is 28.8 Å². The molecule has 0 bridgehead atoms. The van der Waals surface area contributed by atoms with Gasteiger partial charge in [-0.15, -0.1) is 0 Å². The minimum absolute atomic E-state index is 0.200. The third-order valence-corrected chi connectivity index (χ3v) is 4.10. The molecule has 0 atom stereocenters. The van der Waals surface area contributed by atoms with E-state index in [1.165, 1.54) is 5.56 Å². The van der Waals surface area contributed by atoms with Crippen LogP contribution in [0.4, 0.5) is 0 Å². The number of carboxylic acid groups (broad SMARTS) is 1. The molecule has 1 aromatic carbocycles. The van der Waals surface area contributed by atoms with Crippen LogP contribution in [0.1, 0.15) is 55.7 Å². The molecule has 0 heterocycles. The molecule has 1 N–H and O–H groups in total. The molecule has 19 heavy (non-hydrogen) atoms. The highest BCUT2D eigenvalue weighted by Crippen LogP contribution is 2.56. The first-order valence-electron chi connectivity index (χ1n) is 6.81. The molecule has 1 aromatic rings. The molecule has 2 rings (SSSR count). The zero-order valence-corrected chi connectivity index (χ0v) is 12.1. The van der Waals surface area contributed by atoms with Crippen molar-refractivity contribution in [2.45, 2.75) is 51.4 Å². The van der Waals surface area contributed by atoms with Crippen LogP contribution in [0.15, 0.2) is 12.1 Å². The molecule has 3 heteroatoms. The van der Waals surface area contributed by atoms with Crippen LogP contribution in [-0.4, -0.2) is 18.2 Å². The first kappa shape index (κ1) is 13.9. The quantitative estimate of drug-likeness (QED) is 0.881. The molecule has 3 nitrogen and oxygen atoms in total. The molecule has 0 aliphatic heterocycles. The Labute approximate surface area is 114 Å². The van der Waals surface area contributed by atoms with Crippen LogP contribution in [-0.2, 0) is 10.2 Å². The van der Waals surface area contributed by atoms with E-state index in [2.05, 4.69) is 26.0 Å². The Morgan fingerprint density at radius 2 is 2.05 bits per heavy atom. The van der Waals surface area contributed by atoms with Gasteiger partial charge in [-0.2, -0.15) is 0 Å². The number of carboxylic acids is 1. The number of methoxy groups -OCH3 is 1. The second-order valence-electron chi connectivity index (χ2n) is 5.89. The van der Waals surface area contributed by atoms with E-state index in [-0.39, 0.29) is 11.8 Å². The Kier molecular flexibility index (Phi) is 3.57. The summed E-state index contributed by atoms with van der Waals surface area (Å²) in [5.74, 6) is 0.539. The molecule has 104 valence electrons. The summed E-state index contributed by atoms with van der Waals surface area (Å²) in [6.45, 7) is 6.31. The van der Waals surface area contributed by atoms with Gasteiger partial charge in [0.1, 0.15) is 5.75 Å². The van der Waals surface area contributed by atoms with Gasteiger partial charge in [-0.3, -0.25) is 4.79 Å². The van der Waals surface area contributed by atoms with Crippen LogP contribution >= 0.6 is 0 Å². The molecule has 0 saturated heterocycles. The molecule has 1 saturated carbocycles. The maximum atomic E-state index is 11.1. The van der Waals surface area contributed by atoms with Gasteiger partial charge in [0.05, 0.1) is 13.5 Å². The first-order chi connectivity index (χ1) is 8.91. The summed E-state index contributed by atoms with van der Waals surface area (Å²) in [6.07, 6.45) is 2.09. The molecule has 0 spiro atoms. The van der Waals surface area contributed by atoms with Crippen LogP contribution in [0.3, 0.4) is 0 Å². The summed E-state index contributed by atoms with van der Waals surface area (Å²) in [6, 6.07) is 4.19. The zero-order valence-electron chi connectivity index (χ0n) is 12.1. The van der Waals surface area contributed by atoms with E-state index in [0.717, 1.165) is 29.7 Å². The molecule has 1 aliphatic rings. The van der Waals surface area contributed by atoms with E-state index in [0.29, 0.717) is 5.92 Å². The molecule has 0 amide bonds. The van der Waals surface area contributed by atoms with Crippen molar-refractivity contribution in [3.63, 3.8) is 0 Å². The molecule has 1 aliphatic carbocycles. The fourth-order valence-electron chi connectivity index (χ4n) is 2.99. The van der Waals surface area contributed by atoms with Gasteiger partial charge in [-0.05, 0) is 36.8 Å². The monoisotopic (exact) mass is 262 g/mol. The second-order valence-corrected chi connectivity index (χ2v) is 5.89. The van der Waals surface area contributed by atoms with Crippen molar-refractivity contribution in [1.29, 1.82) is 0 Å². The lowest BCUT2D eigenvalue weighted by molar-refractivity contribution is -0.137. The predicted octanol–water partition coefficient (Wildman–Crippen LogP) is 3.63. The SMILES string of the molecule is COc1c(C(C)C)ccc(C)c1C1(CC(=O)O)CC1. The number of hydrogen-bond acceptors (Lipinski definition) is 2. The van der Waals surface area contributed by atoms with Crippen LogP contribution in [0.2, 0.25) is 0 Å². The summed E-state index contributed by atoms with van der Waals surface area (Å²) < 4.78 is 5.63. The third-order valence-electron chi connectivity index (χ3n) is 4.10. The van der Waals surface area contributed by atoms with Crippen molar-refractivity contribution in [2.75, 3.05) is 7.11 Å². The summed E-state index contributed by atoms with van der Waals surface area (Å²) in [7, 11) is 1.68. The van der Waals surface area contributed by atoms with Crippen LogP contribution in [0.25, 0.3) is 0 Å². The topological polar surface area (TPSA) is 46.5 Å². The van der Waals surface area contributed by atoms with Gasteiger partial charge in [0.15, 0.2) is 0 Å². The Balaban J connectivity index is 2.56. The number of hydrogen-bond donors (Lipinski definition) is 1. The van der Waals surface area contributed by atoms with E-state index in [4.69, 9.17) is 9.84 Å². The zero-order chi connectivity index (χ0) is 14.2. The largest absolute Gasteiger partial charge is 0.496 e. The van der Waals surface area contributed by atoms with Crippen LogP contribution in [0.5, 0.6) is 5.75 Å². The van der Waals surface area contributed by atoms with Gasteiger partial charge < -0.3 is 9.84 Å². The fourth-order valence-corrected chi connectivity index (χ4v) is 2.99. The Morgan fingerprint density at radius 3 is 2.47 bits per heavy atom. The molecule has 1 fully saturated rings. The maximum Gasteiger partial charge on any atom is 0.304 e. The average Bonchev–Trinajstić information content (AvgIpc) is 3.07. The highest BCUT2D eigenvalue weighted by atomic mass is 16.5. The number of rotatable bonds is 5. The number of benzene rings is 1. The summed E-state index contributed by atoms with van der Waals surface area (Å²) in [4.78, 5) is 11.1. The highest BCUT2D eigenvalue weighted by Gasteiger charge is 2.49. The molecule has 0 aromatic heterocycles. The number of ether oxygens (including phenoxy) is 1. The van der Waals surface area contributed by atoms with Gasteiger partial charge >= 0.3 is 5.97 Å². The number of aryl methyl sites for hydroxylation is 1. The van der Waals surface area contributed by atoms with Crippen molar-refractivity contribution in [2.24, 2.45) is 0 Å². The van der Waals surface area contributed by atoms with Crippen LogP contribution < -0.4 is 4.74 Å². The van der Waals surface area contributed by atoms with Crippen molar-refractivity contribution in [1.82, 2.24) is 0 Å². The Hall–Kier alpha value is -1.51. The lowest BCUT2D eigenvalue weighted by atomic mass is 9.84. The fraction of sp³-hybridized carbons (Fsp3) is 0.562. The van der Waals surface area contributed by atoms with E-state index in [9.17, 15) is 4.79 Å². The van der Waals surface area contributed by atoms with Gasteiger partial charge in [0.25, 0.3) is 0 Å². The first-order valence-corrected chi connectivity index (χ1v) is 6.81. The summed E-state index contributed by atoms with van der Waals surface area (Å²) in [5, 5.41) is 9.14. The van der Waals surface area contributed by atoms with Crippen molar-refractivity contribution >= 4 is 5.97 Å². The number of aliphatic carboxylic acids is 1. The standard InChI is InChI=1S/C16H22O3/c1-10(2)12-6-5-11(3)14(15(12)19-4)16(7-8-16)9-13(17)18/h5-6,10H,7-9H2,1-4H3,(H,17,18). The predicted molar refractivity (Wildman–Crippen MR) is 75.0 cm³/mol. The summed E-state index contributed by atoms with van der Waals surface area (Å²) in [5.41, 5.74) is 3.22. The van der Waals surface area contributed by atoms with Gasteiger partial charge in [-0.25, -0.2) is 0 Å².